The third-order valence-electron chi connectivity index (χ3n) is 9.64. The van der Waals surface area contributed by atoms with Gasteiger partial charge in [-0.1, -0.05) is 109 Å². The molecule has 0 saturated heterocycles. The van der Waals surface area contributed by atoms with Gasteiger partial charge in [0.1, 0.15) is 0 Å². The van der Waals surface area contributed by atoms with Gasteiger partial charge < -0.3 is 4.57 Å². The molecule has 0 amide bonds. The lowest BCUT2D eigenvalue weighted by Gasteiger charge is -2.12. The smallest absolute Gasteiger partial charge is 0.235 e. The van der Waals surface area contributed by atoms with Gasteiger partial charge in [-0.3, -0.25) is 9.55 Å². The molecule has 0 atom stereocenters. The summed E-state index contributed by atoms with van der Waals surface area (Å²) in [6, 6.07) is 57.5. The Kier molecular flexibility index (Phi) is 6.42. The zero-order chi connectivity index (χ0) is 33.0. The molecule has 0 aliphatic heterocycles. The van der Waals surface area contributed by atoms with E-state index < -0.39 is 0 Å². The summed E-state index contributed by atoms with van der Waals surface area (Å²) < 4.78 is 4.50. The van der Waals surface area contributed by atoms with Crippen molar-refractivity contribution in [1.82, 2.24) is 24.1 Å². The van der Waals surface area contributed by atoms with Crippen molar-refractivity contribution in [2.75, 3.05) is 0 Å². The van der Waals surface area contributed by atoms with Crippen LogP contribution in [0.5, 0.6) is 0 Å². The third kappa shape index (κ3) is 4.52. The average molecular weight is 640 g/mol. The molecule has 4 heterocycles. The SMILES string of the molecule is c1ccc(-c2cc(-c3ccccc3)nc(-n3c4ccc(-c5ccc6c(c5)c5ccccc5n6-c5ccccc5)cc4c4ccncc43)n2)cc1. The summed E-state index contributed by atoms with van der Waals surface area (Å²) in [5, 5.41) is 4.70. The predicted octanol–water partition coefficient (Wildman–Crippen LogP) is 11.1. The fourth-order valence-corrected chi connectivity index (χ4v) is 7.32. The molecular weight excluding hydrogens is 611 g/mol. The zero-order valence-corrected chi connectivity index (χ0v) is 27.0. The van der Waals surface area contributed by atoms with Crippen LogP contribution in [0.3, 0.4) is 0 Å². The van der Waals surface area contributed by atoms with Gasteiger partial charge in [-0.25, -0.2) is 9.97 Å². The minimum absolute atomic E-state index is 0.612. The number of rotatable bonds is 5. The van der Waals surface area contributed by atoms with E-state index in [1.54, 1.807) is 0 Å². The van der Waals surface area contributed by atoms with E-state index in [9.17, 15) is 0 Å². The standard InChI is InChI=1S/C45H29N5/c1-4-12-30(13-5-1)39-28-40(31-14-6-2-7-15-31)48-45(47-39)50-43-23-21-33(27-38(43)36-24-25-46-29-44(36)50)32-20-22-42-37(26-32)35-18-10-11-19-41(35)49(42)34-16-8-3-9-17-34/h1-29H. The van der Waals surface area contributed by atoms with Crippen LogP contribution in [0.4, 0.5) is 0 Å². The molecule has 0 fully saturated rings. The predicted molar refractivity (Wildman–Crippen MR) is 205 cm³/mol. The Labute approximate surface area is 288 Å². The molecule has 0 aliphatic rings. The van der Waals surface area contributed by atoms with Crippen molar-refractivity contribution < 1.29 is 0 Å². The van der Waals surface area contributed by atoms with Gasteiger partial charge in [0, 0.05) is 44.6 Å². The lowest BCUT2D eigenvalue weighted by Crippen LogP contribution is -2.04. The highest BCUT2D eigenvalue weighted by molar-refractivity contribution is 6.12. The van der Waals surface area contributed by atoms with Crippen LogP contribution in [-0.2, 0) is 0 Å². The van der Waals surface area contributed by atoms with Gasteiger partial charge in [0.25, 0.3) is 0 Å². The highest BCUT2D eigenvalue weighted by atomic mass is 15.2. The van der Waals surface area contributed by atoms with Gasteiger partial charge in [-0.15, -0.1) is 0 Å². The van der Waals surface area contributed by atoms with Gasteiger partial charge in [0.2, 0.25) is 5.95 Å². The fraction of sp³-hybridized carbons (Fsp3) is 0. The van der Waals surface area contributed by atoms with E-state index in [1.165, 1.54) is 27.4 Å². The van der Waals surface area contributed by atoms with Crippen molar-refractivity contribution in [3.05, 3.63) is 176 Å². The zero-order valence-electron chi connectivity index (χ0n) is 27.0. The fourth-order valence-electron chi connectivity index (χ4n) is 7.32. The van der Waals surface area contributed by atoms with Crippen molar-refractivity contribution in [3.8, 4) is 45.3 Å². The monoisotopic (exact) mass is 639 g/mol. The van der Waals surface area contributed by atoms with Crippen LogP contribution in [0.2, 0.25) is 0 Å². The van der Waals surface area contributed by atoms with E-state index in [4.69, 9.17) is 9.97 Å². The number of fused-ring (bicyclic) bond motifs is 6. The summed E-state index contributed by atoms with van der Waals surface area (Å²) in [4.78, 5) is 14.9. The van der Waals surface area contributed by atoms with E-state index in [0.29, 0.717) is 5.95 Å². The number of hydrogen-bond acceptors (Lipinski definition) is 3. The first-order chi connectivity index (χ1) is 24.8. The third-order valence-corrected chi connectivity index (χ3v) is 9.64. The molecule has 5 nitrogen and oxygen atoms in total. The molecule has 10 rings (SSSR count). The molecule has 234 valence electrons. The maximum absolute atomic E-state index is 5.16. The minimum atomic E-state index is 0.612. The Morgan fingerprint density at radius 1 is 0.360 bits per heavy atom. The van der Waals surface area contributed by atoms with Crippen molar-refractivity contribution in [2.24, 2.45) is 0 Å². The molecule has 0 unspecified atom stereocenters. The number of nitrogens with zero attached hydrogens (tertiary/aromatic N) is 5. The summed E-state index contributed by atoms with van der Waals surface area (Å²) in [5.41, 5.74) is 11.7. The number of hydrogen-bond donors (Lipinski definition) is 0. The summed E-state index contributed by atoms with van der Waals surface area (Å²) in [6.07, 6.45) is 3.78. The second-order valence-electron chi connectivity index (χ2n) is 12.6. The summed E-state index contributed by atoms with van der Waals surface area (Å²) >= 11 is 0. The highest BCUT2D eigenvalue weighted by Gasteiger charge is 2.19. The first kappa shape index (κ1) is 28.2. The second kappa shape index (κ2) is 11.4. The van der Waals surface area contributed by atoms with Crippen molar-refractivity contribution in [1.29, 1.82) is 0 Å². The molecule has 50 heavy (non-hydrogen) atoms. The van der Waals surface area contributed by atoms with E-state index in [1.807, 2.05) is 48.8 Å². The number of para-hydroxylation sites is 2. The van der Waals surface area contributed by atoms with Crippen molar-refractivity contribution in [2.45, 2.75) is 0 Å². The molecule has 0 aliphatic carbocycles. The molecule has 0 bridgehead atoms. The highest BCUT2D eigenvalue weighted by Crippen LogP contribution is 2.38. The van der Waals surface area contributed by atoms with E-state index in [0.717, 1.165) is 55.6 Å². The molecule has 4 aromatic heterocycles. The summed E-state index contributed by atoms with van der Waals surface area (Å²) in [5.74, 6) is 0.612. The maximum Gasteiger partial charge on any atom is 0.235 e. The van der Waals surface area contributed by atoms with Crippen LogP contribution >= 0.6 is 0 Å². The quantitative estimate of drug-likeness (QED) is 0.188. The summed E-state index contributed by atoms with van der Waals surface area (Å²) in [6.45, 7) is 0. The molecular formula is C45H29N5. The Morgan fingerprint density at radius 3 is 1.52 bits per heavy atom. The molecule has 6 aromatic carbocycles. The van der Waals surface area contributed by atoms with Gasteiger partial charge in [0.05, 0.1) is 39.7 Å². The minimum Gasteiger partial charge on any atom is -0.309 e. The Hall–Kier alpha value is -6.85. The first-order valence-electron chi connectivity index (χ1n) is 16.8. The van der Waals surface area contributed by atoms with Crippen LogP contribution in [-0.4, -0.2) is 24.1 Å². The van der Waals surface area contributed by atoms with E-state index >= 15 is 0 Å². The Bertz CT molecular complexity index is 2800. The van der Waals surface area contributed by atoms with Crippen LogP contribution in [0.1, 0.15) is 0 Å². The van der Waals surface area contributed by atoms with Crippen LogP contribution in [0.15, 0.2) is 176 Å². The number of pyridine rings is 1. The van der Waals surface area contributed by atoms with Gasteiger partial charge in [0.15, 0.2) is 0 Å². The van der Waals surface area contributed by atoms with E-state index in [-0.39, 0.29) is 0 Å². The summed E-state index contributed by atoms with van der Waals surface area (Å²) in [7, 11) is 0. The van der Waals surface area contributed by atoms with Crippen molar-refractivity contribution >= 4 is 43.6 Å². The van der Waals surface area contributed by atoms with Crippen molar-refractivity contribution in [3.63, 3.8) is 0 Å². The van der Waals surface area contributed by atoms with Gasteiger partial charge in [-0.2, -0.15) is 0 Å². The first-order valence-corrected chi connectivity index (χ1v) is 16.8. The maximum atomic E-state index is 5.16. The molecule has 0 N–H and O–H groups in total. The second-order valence-corrected chi connectivity index (χ2v) is 12.6. The Morgan fingerprint density at radius 2 is 0.880 bits per heavy atom. The lowest BCUT2D eigenvalue weighted by atomic mass is 10.0. The lowest BCUT2D eigenvalue weighted by molar-refractivity contribution is 0.993. The van der Waals surface area contributed by atoms with Crippen LogP contribution in [0.25, 0.3) is 88.9 Å². The normalized spacial score (nSPS) is 11.6. The average Bonchev–Trinajstić information content (AvgIpc) is 3.71. The van der Waals surface area contributed by atoms with Crippen LogP contribution in [0, 0.1) is 0 Å². The topological polar surface area (TPSA) is 48.5 Å². The molecule has 10 aromatic rings. The Balaban J connectivity index is 1.17. The van der Waals surface area contributed by atoms with Gasteiger partial charge in [-0.05, 0) is 65.7 Å². The molecule has 0 spiro atoms. The largest absolute Gasteiger partial charge is 0.309 e. The molecule has 0 saturated carbocycles. The van der Waals surface area contributed by atoms with E-state index in [2.05, 4.69) is 142 Å². The number of benzene rings is 6. The molecule has 0 radical (unpaired) electrons. The van der Waals surface area contributed by atoms with Crippen LogP contribution < -0.4 is 0 Å². The van der Waals surface area contributed by atoms with Gasteiger partial charge >= 0.3 is 0 Å². The molecule has 5 heteroatoms. The number of aromatic nitrogens is 5.